The second-order valence-corrected chi connectivity index (χ2v) is 7.12. The first-order chi connectivity index (χ1) is 12.3. The summed E-state index contributed by atoms with van der Waals surface area (Å²) in [4.78, 5) is 7.01. The maximum Gasteiger partial charge on any atom is 0.0947 e. The minimum atomic E-state index is 0.208. The molecule has 4 rings (SSSR count). The Labute approximate surface area is 148 Å². The highest BCUT2D eigenvalue weighted by Gasteiger charge is 2.39. The van der Waals surface area contributed by atoms with Gasteiger partial charge in [0.2, 0.25) is 0 Å². The van der Waals surface area contributed by atoms with Gasteiger partial charge < -0.3 is 13.9 Å². The van der Waals surface area contributed by atoms with Crippen molar-refractivity contribution in [1.29, 1.82) is 0 Å². The fourth-order valence-electron chi connectivity index (χ4n) is 4.00. The fourth-order valence-corrected chi connectivity index (χ4v) is 4.00. The summed E-state index contributed by atoms with van der Waals surface area (Å²) in [5.74, 6) is 0. The molecule has 2 aromatic rings. The van der Waals surface area contributed by atoms with E-state index >= 15 is 0 Å². The van der Waals surface area contributed by atoms with Crippen LogP contribution in [0.5, 0.6) is 0 Å². The number of ether oxygens (including phenoxy) is 2. The van der Waals surface area contributed by atoms with Crippen LogP contribution in [0.2, 0.25) is 0 Å². The molecule has 0 amide bonds. The minimum Gasteiger partial charge on any atom is -0.472 e. The summed E-state index contributed by atoms with van der Waals surface area (Å²) in [6, 6.07) is 8.62. The second kappa shape index (κ2) is 7.68. The predicted octanol–water partition coefficient (Wildman–Crippen LogP) is 3.32. The van der Waals surface area contributed by atoms with Gasteiger partial charge in [0.05, 0.1) is 43.6 Å². The Balaban J connectivity index is 1.23. The van der Waals surface area contributed by atoms with E-state index in [2.05, 4.69) is 9.88 Å². The van der Waals surface area contributed by atoms with Crippen molar-refractivity contribution in [3.05, 3.63) is 53.7 Å². The van der Waals surface area contributed by atoms with Crippen LogP contribution in [0.15, 0.2) is 41.2 Å². The average molecular weight is 342 g/mol. The number of nitrogens with zero attached hydrogens (tertiary/aromatic N) is 2. The van der Waals surface area contributed by atoms with Crippen LogP contribution >= 0.6 is 0 Å². The molecule has 0 spiro atoms. The molecule has 0 saturated carbocycles. The predicted molar refractivity (Wildman–Crippen MR) is 94.0 cm³/mol. The Morgan fingerprint density at radius 1 is 1.24 bits per heavy atom. The number of rotatable bonds is 6. The van der Waals surface area contributed by atoms with Crippen LogP contribution < -0.4 is 0 Å². The van der Waals surface area contributed by atoms with Crippen LogP contribution in [0.1, 0.15) is 36.2 Å². The van der Waals surface area contributed by atoms with Gasteiger partial charge >= 0.3 is 0 Å². The molecule has 2 fully saturated rings. The van der Waals surface area contributed by atoms with E-state index < -0.39 is 0 Å². The lowest BCUT2D eigenvalue weighted by molar-refractivity contribution is -0.102. The molecule has 0 unspecified atom stereocenters. The average Bonchev–Trinajstić information content (AvgIpc) is 3.26. The van der Waals surface area contributed by atoms with Crippen molar-refractivity contribution in [1.82, 2.24) is 9.88 Å². The van der Waals surface area contributed by atoms with Crippen LogP contribution in [0.3, 0.4) is 0 Å². The Bertz CT molecular complexity index is 673. The molecular formula is C20H26N2O3. The number of aryl methyl sites for hydroxylation is 1. The third kappa shape index (κ3) is 4.11. The lowest BCUT2D eigenvalue weighted by Gasteiger charge is -2.35. The maximum atomic E-state index is 6.31. The van der Waals surface area contributed by atoms with Gasteiger partial charge in [0.15, 0.2) is 0 Å². The molecule has 3 atom stereocenters. The van der Waals surface area contributed by atoms with Crippen LogP contribution in [0.25, 0.3) is 0 Å². The first-order valence-corrected chi connectivity index (χ1v) is 9.19. The van der Waals surface area contributed by atoms with Gasteiger partial charge in [-0.1, -0.05) is 6.07 Å². The zero-order valence-electron chi connectivity index (χ0n) is 14.8. The zero-order valence-corrected chi connectivity index (χ0v) is 14.8. The number of likely N-dealkylation sites (tertiary alicyclic amines) is 1. The highest BCUT2D eigenvalue weighted by atomic mass is 16.5. The summed E-state index contributed by atoms with van der Waals surface area (Å²) in [7, 11) is 0. The summed E-state index contributed by atoms with van der Waals surface area (Å²) >= 11 is 0. The van der Waals surface area contributed by atoms with Gasteiger partial charge in [-0.25, -0.2) is 0 Å². The molecule has 0 radical (unpaired) electrons. The molecule has 2 saturated heterocycles. The van der Waals surface area contributed by atoms with Crippen LogP contribution in [-0.2, 0) is 22.6 Å². The number of fused-ring (bicyclic) bond motifs is 1. The molecule has 5 nitrogen and oxygen atoms in total. The summed E-state index contributed by atoms with van der Waals surface area (Å²) in [5, 5.41) is 0. The largest absolute Gasteiger partial charge is 0.472 e. The summed E-state index contributed by atoms with van der Waals surface area (Å²) in [6.07, 6.45) is 7.48. The van der Waals surface area contributed by atoms with E-state index in [0.717, 1.165) is 37.3 Å². The van der Waals surface area contributed by atoms with Gasteiger partial charge in [0.1, 0.15) is 0 Å². The lowest BCUT2D eigenvalue weighted by atomic mass is 9.99. The molecule has 5 heteroatoms. The number of hydrogen-bond donors (Lipinski definition) is 0. The van der Waals surface area contributed by atoms with E-state index in [9.17, 15) is 0 Å². The van der Waals surface area contributed by atoms with Crippen LogP contribution in [0, 0.1) is 6.92 Å². The van der Waals surface area contributed by atoms with Crippen molar-refractivity contribution in [2.45, 2.75) is 57.6 Å². The number of hydrogen-bond acceptors (Lipinski definition) is 5. The molecule has 134 valence electrons. The van der Waals surface area contributed by atoms with Crippen molar-refractivity contribution < 1.29 is 13.9 Å². The summed E-state index contributed by atoms with van der Waals surface area (Å²) < 4.78 is 17.4. The van der Waals surface area contributed by atoms with Gasteiger partial charge in [0, 0.05) is 30.4 Å². The third-order valence-corrected chi connectivity index (χ3v) is 5.22. The van der Waals surface area contributed by atoms with Gasteiger partial charge in [0.25, 0.3) is 0 Å². The van der Waals surface area contributed by atoms with Crippen LogP contribution in [-0.4, -0.2) is 41.3 Å². The van der Waals surface area contributed by atoms with Crippen LogP contribution in [0.4, 0.5) is 0 Å². The fraction of sp³-hybridized carbons (Fsp3) is 0.550. The Kier molecular flexibility index (Phi) is 5.15. The zero-order chi connectivity index (χ0) is 17.1. The number of pyridine rings is 1. The highest BCUT2D eigenvalue weighted by Crippen LogP contribution is 2.32. The molecule has 0 aromatic carbocycles. The lowest BCUT2D eigenvalue weighted by Crippen LogP contribution is -2.43. The minimum absolute atomic E-state index is 0.208. The summed E-state index contributed by atoms with van der Waals surface area (Å²) in [6.45, 7) is 5.27. The van der Waals surface area contributed by atoms with E-state index in [1.807, 2.05) is 37.5 Å². The molecule has 2 aliphatic heterocycles. The summed E-state index contributed by atoms with van der Waals surface area (Å²) in [5.41, 5.74) is 3.26. The smallest absolute Gasteiger partial charge is 0.0947 e. The highest BCUT2D eigenvalue weighted by molar-refractivity contribution is 5.09. The molecule has 4 heterocycles. The topological polar surface area (TPSA) is 47.7 Å². The van der Waals surface area contributed by atoms with Crippen molar-refractivity contribution in [3.8, 4) is 0 Å². The molecule has 2 aromatic heterocycles. The van der Waals surface area contributed by atoms with Crippen molar-refractivity contribution in [3.63, 3.8) is 0 Å². The first-order valence-electron chi connectivity index (χ1n) is 9.19. The Morgan fingerprint density at radius 2 is 2.20 bits per heavy atom. The van der Waals surface area contributed by atoms with Crippen molar-refractivity contribution in [2.24, 2.45) is 0 Å². The van der Waals surface area contributed by atoms with Crippen molar-refractivity contribution >= 4 is 0 Å². The monoisotopic (exact) mass is 342 g/mol. The van der Waals surface area contributed by atoms with Crippen molar-refractivity contribution in [2.75, 3.05) is 13.2 Å². The standard InChI is InChI=1S/C20H26N2O3/c1-15-3-2-4-17(21-15)13-24-14-18-5-6-19-20(25-18)7-9-22(19)11-16-8-10-23-12-16/h2-4,8,10,12,18-20H,5-7,9,11,13-14H2,1H3/t18-,19+,20+/m1/s1. The molecular weight excluding hydrogens is 316 g/mol. The van der Waals surface area contributed by atoms with E-state index in [1.165, 1.54) is 12.0 Å². The molecule has 0 aliphatic carbocycles. The van der Waals surface area contributed by atoms with Gasteiger partial charge in [-0.05, 0) is 44.4 Å². The molecule has 25 heavy (non-hydrogen) atoms. The van der Waals surface area contributed by atoms with E-state index in [1.54, 1.807) is 6.26 Å². The molecule has 2 aliphatic rings. The number of furan rings is 1. The van der Waals surface area contributed by atoms with Gasteiger partial charge in [-0.2, -0.15) is 0 Å². The molecule has 0 bridgehead atoms. The third-order valence-electron chi connectivity index (χ3n) is 5.22. The number of aromatic nitrogens is 1. The van der Waals surface area contributed by atoms with Gasteiger partial charge in [-0.15, -0.1) is 0 Å². The van der Waals surface area contributed by atoms with E-state index in [4.69, 9.17) is 13.9 Å². The van der Waals surface area contributed by atoms with E-state index in [-0.39, 0.29) is 6.10 Å². The quantitative estimate of drug-likeness (QED) is 0.806. The Hall–Kier alpha value is -1.69. The van der Waals surface area contributed by atoms with Gasteiger partial charge in [-0.3, -0.25) is 9.88 Å². The maximum absolute atomic E-state index is 6.31. The van der Waals surface area contributed by atoms with E-state index in [0.29, 0.717) is 25.4 Å². The SMILES string of the molecule is Cc1cccc(COC[C@H]2CC[C@H]3[C@H](CCN3Cc3ccoc3)O2)n1. The first kappa shape index (κ1) is 16.8. The normalized spacial score (nSPS) is 26.7. The molecule has 0 N–H and O–H groups in total. The Morgan fingerprint density at radius 3 is 3.04 bits per heavy atom. The second-order valence-electron chi connectivity index (χ2n) is 7.12.